The van der Waals surface area contributed by atoms with Crippen LogP contribution in [0.3, 0.4) is 0 Å². The Bertz CT molecular complexity index is 668. The summed E-state index contributed by atoms with van der Waals surface area (Å²) >= 11 is 0. The molecule has 2 unspecified atom stereocenters. The molecule has 27 heavy (non-hydrogen) atoms. The highest BCUT2D eigenvalue weighted by molar-refractivity contribution is 5.95. The standard InChI is InChI=1S/C20H28N2O5/c1-2-13(20(24)25)7-8-21-19(23)18-17(27-12-16-4-3-9-26-16)10-15(11-22-18)14-5-6-14/h10-11,13-14,16H,2-9,12H2,1H3,(H,21,23)(H,24,25). The SMILES string of the molecule is CCC(CCNC(=O)c1ncc(C2CC2)cc1OCC1CCCO1)C(=O)O. The number of nitrogens with zero attached hydrogens (tertiary/aromatic N) is 1. The van der Waals surface area contributed by atoms with Crippen molar-refractivity contribution in [1.82, 2.24) is 10.3 Å². The van der Waals surface area contributed by atoms with Crippen molar-refractivity contribution >= 4 is 11.9 Å². The Morgan fingerprint density at radius 1 is 1.41 bits per heavy atom. The first kappa shape index (κ1) is 19.6. The van der Waals surface area contributed by atoms with Crippen LogP contribution < -0.4 is 10.1 Å². The van der Waals surface area contributed by atoms with Gasteiger partial charge in [0.1, 0.15) is 6.61 Å². The zero-order valence-corrected chi connectivity index (χ0v) is 15.8. The topological polar surface area (TPSA) is 97.8 Å². The monoisotopic (exact) mass is 376 g/mol. The summed E-state index contributed by atoms with van der Waals surface area (Å²) in [5, 5.41) is 11.9. The van der Waals surface area contributed by atoms with Gasteiger partial charge in [0.05, 0.1) is 12.0 Å². The van der Waals surface area contributed by atoms with Crippen molar-refractivity contribution in [2.45, 2.75) is 57.5 Å². The predicted molar refractivity (Wildman–Crippen MR) is 99.0 cm³/mol. The van der Waals surface area contributed by atoms with Crippen molar-refractivity contribution < 1.29 is 24.2 Å². The van der Waals surface area contributed by atoms with Crippen molar-refractivity contribution in [2.24, 2.45) is 5.92 Å². The normalized spacial score (nSPS) is 20.3. The van der Waals surface area contributed by atoms with E-state index in [9.17, 15) is 9.59 Å². The van der Waals surface area contributed by atoms with Gasteiger partial charge in [0.15, 0.2) is 11.4 Å². The number of hydrogen-bond donors (Lipinski definition) is 2. The number of aliphatic carboxylic acids is 1. The van der Waals surface area contributed by atoms with Gasteiger partial charge in [-0.1, -0.05) is 6.92 Å². The van der Waals surface area contributed by atoms with E-state index in [1.807, 2.05) is 13.0 Å². The number of nitrogens with one attached hydrogen (secondary N) is 1. The number of aromatic nitrogens is 1. The van der Waals surface area contributed by atoms with E-state index in [0.29, 0.717) is 37.7 Å². The van der Waals surface area contributed by atoms with Gasteiger partial charge in [0.25, 0.3) is 5.91 Å². The molecule has 7 nitrogen and oxygen atoms in total. The molecule has 1 saturated heterocycles. The molecule has 2 atom stereocenters. The predicted octanol–water partition coefficient (Wildman–Crippen LogP) is 2.75. The fourth-order valence-corrected chi connectivity index (χ4v) is 3.28. The fraction of sp³-hybridized carbons (Fsp3) is 0.650. The highest BCUT2D eigenvalue weighted by Gasteiger charge is 2.27. The Morgan fingerprint density at radius 3 is 2.85 bits per heavy atom. The van der Waals surface area contributed by atoms with Crippen LogP contribution in [0.25, 0.3) is 0 Å². The summed E-state index contributed by atoms with van der Waals surface area (Å²) in [5.74, 6) is -0.622. The van der Waals surface area contributed by atoms with Crippen LogP contribution in [0.5, 0.6) is 5.75 Å². The van der Waals surface area contributed by atoms with Gasteiger partial charge in [-0.05, 0) is 56.1 Å². The van der Waals surface area contributed by atoms with Gasteiger partial charge < -0.3 is 19.9 Å². The lowest BCUT2D eigenvalue weighted by molar-refractivity contribution is -0.142. The van der Waals surface area contributed by atoms with Gasteiger partial charge in [-0.3, -0.25) is 9.59 Å². The Balaban J connectivity index is 1.62. The molecule has 2 aliphatic rings. The van der Waals surface area contributed by atoms with E-state index in [4.69, 9.17) is 14.6 Å². The minimum absolute atomic E-state index is 0.0615. The molecule has 1 aliphatic heterocycles. The number of ether oxygens (including phenoxy) is 2. The van der Waals surface area contributed by atoms with Gasteiger partial charge in [-0.25, -0.2) is 4.98 Å². The number of rotatable bonds is 10. The van der Waals surface area contributed by atoms with Gasteiger partial charge in [0, 0.05) is 19.3 Å². The summed E-state index contributed by atoms with van der Waals surface area (Å²) in [5.41, 5.74) is 1.35. The molecule has 148 valence electrons. The van der Waals surface area contributed by atoms with Crippen LogP contribution in [-0.2, 0) is 9.53 Å². The number of carbonyl (C=O) groups excluding carboxylic acids is 1. The number of carboxylic acids is 1. The zero-order valence-electron chi connectivity index (χ0n) is 15.8. The van der Waals surface area contributed by atoms with E-state index < -0.39 is 11.9 Å². The summed E-state index contributed by atoms with van der Waals surface area (Å²) in [6.45, 7) is 3.29. The summed E-state index contributed by atoms with van der Waals surface area (Å²) in [4.78, 5) is 28.0. The molecule has 2 N–H and O–H groups in total. The third-order valence-electron chi connectivity index (χ3n) is 5.21. The number of carboxylic acid groups (broad SMARTS) is 1. The molecule has 0 aromatic carbocycles. The van der Waals surface area contributed by atoms with Crippen LogP contribution in [0.2, 0.25) is 0 Å². The molecule has 1 amide bonds. The van der Waals surface area contributed by atoms with E-state index >= 15 is 0 Å². The summed E-state index contributed by atoms with van der Waals surface area (Å²) in [6.07, 6.45) is 7.02. The van der Waals surface area contributed by atoms with Crippen LogP contribution in [-0.4, -0.2) is 47.8 Å². The first-order valence-electron chi connectivity index (χ1n) is 9.83. The first-order valence-corrected chi connectivity index (χ1v) is 9.83. The number of carbonyl (C=O) groups is 2. The molecule has 1 saturated carbocycles. The second-order valence-corrected chi connectivity index (χ2v) is 7.32. The van der Waals surface area contributed by atoms with E-state index in [0.717, 1.165) is 37.9 Å². The minimum atomic E-state index is -0.834. The average Bonchev–Trinajstić information content (AvgIpc) is 3.38. The van der Waals surface area contributed by atoms with Crippen molar-refractivity contribution in [3.8, 4) is 5.75 Å². The molecule has 7 heteroatoms. The van der Waals surface area contributed by atoms with E-state index in [-0.39, 0.29) is 17.7 Å². The maximum absolute atomic E-state index is 12.6. The van der Waals surface area contributed by atoms with Gasteiger partial charge in [0.2, 0.25) is 0 Å². The highest BCUT2D eigenvalue weighted by atomic mass is 16.5. The Labute approximate surface area is 159 Å². The molecule has 1 aromatic rings. The lowest BCUT2D eigenvalue weighted by Gasteiger charge is -2.15. The van der Waals surface area contributed by atoms with Crippen molar-refractivity contribution in [1.29, 1.82) is 0 Å². The molecule has 1 aliphatic carbocycles. The van der Waals surface area contributed by atoms with E-state index in [2.05, 4.69) is 10.3 Å². The second kappa shape index (κ2) is 9.17. The third kappa shape index (κ3) is 5.42. The van der Waals surface area contributed by atoms with Gasteiger partial charge in [-0.2, -0.15) is 0 Å². The Morgan fingerprint density at radius 2 is 2.22 bits per heavy atom. The molecule has 2 heterocycles. The minimum Gasteiger partial charge on any atom is -0.488 e. The largest absolute Gasteiger partial charge is 0.488 e. The molecule has 0 bridgehead atoms. The van der Waals surface area contributed by atoms with Crippen LogP contribution in [0.4, 0.5) is 0 Å². The van der Waals surface area contributed by atoms with Crippen molar-refractivity contribution in [3.05, 3.63) is 23.5 Å². The summed E-state index contributed by atoms with van der Waals surface area (Å²) in [7, 11) is 0. The van der Waals surface area contributed by atoms with E-state index in [1.54, 1.807) is 6.20 Å². The number of amides is 1. The van der Waals surface area contributed by atoms with Crippen LogP contribution in [0, 0.1) is 5.92 Å². The van der Waals surface area contributed by atoms with Crippen LogP contribution in [0.1, 0.15) is 67.4 Å². The molecular formula is C20H28N2O5. The zero-order chi connectivity index (χ0) is 19.2. The highest BCUT2D eigenvalue weighted by Crippen LogP contribution is 2.41. The molecule has 3 rings (SSSR count). The van der Waals surface area contributed by atoms with Crippen LogP contribution >= 0.6 is 0 Å². The first-order chi connectivity index (χ1) is 13.1. The lowest BCUT2D eigenvalue weighted by Crippen LogP contribution is -2.29. The van der Waals surface area contributed by atoms with Crippen molar-refractivity contribution in [3.63, 3.8) is 0 Å². The molecule has 0 radical (unpaired) electrons. The molecular weight excluding hydrogens is 348 g/mol. The van der Waals surface area contributed by atoms with E-state index in [1.165, 1.54) is 0 Å². The maximum atomic E-state index is 12.6. The number of hydrogen-bond acceptors (Lipinski definition) is 5. The summed E-state index contributed by atoms with van der Waals surface area (Å²) < 4.78 is 11.5. The van der Waals surface area contributed by atoms with Gasteiger partial charge in [-0.15, -0.1) is 0 Å². The summed E-state index contributed by atoms with van der Waals surface area (Å²) in [6, 6.07) is 1.92. The quantitative estimate of drug-likeness (QED) is 0.652. The average molecular weight is 376 g/mol. The van der Waals surface area contributed by atoms with Crippen LogP contribution in [0.15, 0.2) is 12.3 Å². The smallest absolute Gasteiger partial charge is 0.306 e. The molecule has 2 fully saturated rings. The second-order valence-electron chi connectivity index (χ2n) is 7.32. The fourth-order valence-electron chi connectivity index (χ4n) is 3.28. The Hall–Kier alpha value is -2.15. The van der Waals surface area contributed by atoms with Crippen molar-refractivity contribution in [2.75, 3.05) is 19.8 Å². The lowest BCUT2D eigenvalue weighted by atomic mass is 10.0. The van der Waals surface area contributed by atoms with Gasteiger partial charge >= 0.3 is 5.97 Å². The molecule has 0 spiro atoms. The number of pyridine rings is 1. The third-order valence-corrected chi connectivity index (χ3v) is 5.21. The maximum Gasteiger partial charge on any atom is 0.306 e. The Kier molecular flexibility index (Phi) is 6.66. The molecule has 1 aromatic heterocycles.